The summed E-state index contributed by atoms with van der Waals surface area (Å²) in [4.78, 5) is 26.3. The summed E-state index contributed by atoms with van der Waals surface area (Å²) in [6.07, 6.45) is 1.67. The summed E-state index contributed by atoms with van der Waals surface area (Å²) in [7, 11) is -3.90. The van der Waals surface area contributed by atoms with Crippen LogP contribution < -0.4 is 14.9 Å². The van der Waals surface area contributed by atoms with Crippen LogP contribution in [0.5, 0.6) is 0 Å². The zero-order valence-electron chi connectivity index (χ0n) is 18.8. The van der Waals surface area contributed by atoms with E-state index in [0.29, 0.717) is 32.4 Å². The molecule has 1 atom stereocenters. The van der Waals surface area contributed by atoms with Gasteiger partial charge in [0.25, 0.3) is 0 Å². The summed E-state index contributed by atoms with van der Waals surface area (Å²) >= 11 is 0. The zero-order chi connectivity index (χ0) is 23.3. The summed E-state index contributed by atoms with van der Waals surface area (Å²) in [6.45, 7) is 6.36. The molecule has 1 heterocycles. The van der Waals surface area contributed by atoms with Gasteiger partial charge in [-0.25, -0.2) is 8.42 Å². The molecule has 0 radical (unpaired) electrons. The minimum absolute atomic E-state index is 0.0679. The molecule has 8 heteroatoms. The molecule has 2 amide bonds. The molecular formula is C24H31N3O4S. The number of amides is 2. The molecule has 0 spiro atoms. The summed E-state index contributed by atoms with van der Waals surface area (Å²) in [6, 6.07) is 13.7. The summed E-state index contributed by atoms with van der Waals surface area (Å²) in [5.41, 5.74) is 2.66. The number of hydrogen-bond donors (Lipinski definition) is 2. The van der Waals surface area contributed by atoms with Crippen LogP contribution in [0.1, 0.15) is 38.3 Å². The van der Waals surface area contributed by atoms with Crippen LogP contribution in [0.4, 0.5) is 5.69 Å². The van der Waals surface area contributed by atoms with Crippen molar-refractivity contribution < 1.29 is 18.0 Å². The number of nitrogens with one attached hydrogen (secondary N) is 2. The molecule has 0 saturated carbocycles. The fourth-order valence-corrected chi connectivity index (χ4v) is 5.16. The van der Waals surface area contributed by atoms with Crippen molar-refractivity contribution in [2.75, 3.05) is 18.0 Å². The van der Waals surface area contributed by atoms with E-state index in [9.17, 15) is 18.0 Å². The molecular weight excluding hydrogens is 426 g/mol. The first-order valence-corrected chi connectivity index (χ1v) is 12.4. The lowest BCUT2D eigenvalue weighted by Gasteiger charge is -2.21. The first kappa shape index (κ1) is 23.9. The van der Waals surface area contributed by atoms with Crippen molar-refractivity contribution in [1.82, 2.24) is 10.0 Å². The Labute approximate surface area is 190 Å². The largest absolute Gasteiger partial charge is 0.354 e. The number of carbonyl (C=O) groups excluding carboxylic acids is 2. The average Bonchev–Trinajstić information content (AvgIpc) is 3.17. The first-order chi connectivity index (χ1) is 15.2. The van der Waals surface area contributed by atoms with Gasteiger partial charge >= 0.3 is 0 Å². The van der Waals surface area contributed by atoms with E-state index in [2.05, 4.69) is 10.0 Å². The van der Waals surface area contributed by atoms with Gasteiger partial charge in [-0.2, -0.15) is 4.72 Å². The highest BCUT2D eigenvalue weighted by molar-refractivity contribution is 7.89. The topological polar surface area (TPSA) is 95.6 Å². The van der Waals surface area contributed by atoms with Crippen molar-refractivity contribution in [3.63, 3.8) is 0 Å². The fourth-order valence-electron chi connectivity index (χ4n) is 3.91. The van der Waals surface area contributed by atoms with Crippen LogP contribution in [0.2, 0.25) is 0 Å². The first-order valence-electron chi connectivity index (χ1n) is 10.9. The average molecular weight is 458 g/mol. The Bertz CT molecular complexity index is 1070. The highest BCUT2D eigenvalue weighted by atomic mass is 32.2. The molecule has 0 saturated heterocycles. The lowest BCUT2D eigenvalue weighted by molar-refractivity contribution is -0.123. The SMILES string of the molecule is CC(=O)N1CCc2cc(S(=O)(=O)N[C@H](CC(C)C)C(=O)NCCc3ccccc3)ccc21. The molecule has 7 nitrogen and oxygen atoms in total. The minimum atomic E-state index is -3.90. The van der Waals surface area contributed by atoms with E-state index in [-0.39, 0.29) is 22.6 Å². The molecule has 1 aliphatic heterocycles. The van der Waals surface area contributed by atoms with Crippen LogP contribution >= 0.6 is 0 Å². The van der Waals surface area contributed by atoms with E-state index in [1.807, 2.05) is 44.2 Å². The molecule has 0 unspecified atom stereocenters. The van der Waals surface area contributed by atoms with Crippen LogP contribution in [0, 0.1) is 5.92 Å². The molecule has 0 bridgehead atoms. The quantitative estimate of drug-likeness (QED) is 0.605. The Balaban J connectivity index is 1.70. The van der Waals surface area contributed by atoms with Gasteiger partial charge in [0, 0.05) is 25.7 Å². The van der Waals surface area contributed by atoms with Crippen molar-refractivity contribution in [3.05, 3.63) is 59.7 Å². The normalized spacial score (nSPS) is 14.3. The van der Waals surface area contributed by atoms with Crippen LogP contribution in [-0.4, -0.2) is 39.4 Å². The molecule has 0 aliphatic carbocycles. The van der Waals surface area contributed by atoms with Crippen LogP contribution in [0.25, 0.3) is 0 Å². The Morgan fingerprint density at radius 2 is 1.81 bits per heavy atom. The van der Waals surface area contributed by atoms with Crippen molar-refractivity contribution in [1.29, 1.82) is 0 Å². The standard InChI is InChI=1S/C24H31N3O4S/c1-17(2)15-22(24(29)25-13-11-19-7-5-4-6-8-19)26-32(30,31)21-9-10-23-20(16-21)12-14-27(23)18(3)28/h4-10,16-17,22,26H,11-15H2,1-3H3,(H,25,29)/t22-/m1/s1. The lowest BCUT2D eigenvalue weighted by atomic mass is 10.0. The van der Waals surface area contributed by atoms with E-state index >= 15 is 0 Å². The monoisotopic (exact) mass is 457 g/mol. The number of anilines is 1. The molecule has 3 rings (SSSR count). The van der Waals surface area contributed by atoms with Crippen LogP contribution in [-0.2, 0) is 32.5 Å². The maximum atomic E-state index is 13.1. The molecule has 172 valence electrons. The van der Waals surface area contributed by atoms with E-state index in [4.69, 9.17) is 0 Å². The smallest absolute Gasteiger partial charge is 0.241 e. The Kier molecular flexibility index (Phi) is 7.69. The van der Waals surface area contributed by atoms with Crippen molar-refractivity contribution in [3.8, 4) is 0 Å². The third-order valence-electron chi connectivity index (χ3n) is 5.51. The molecule has 0 fully saturated rings. The minimum Gasteiger partial charge on any atom is -0.354 e. The summed E-state index contributed by atoms with van der Waals surface area (Å²) in [5, 5.41) is 2.86. The zero-order valence-corrected chi connectivity index (χ0v) is 19.6. The lowest BCUT2D eigenvalue weighted by Crippen LogP contribution is -2.47. The predicted molar refractivity (Wildman–Crippen MR) is 125 cm³/mol. The Morgan fingerprint density at radius 3 is 2.47 bits per heavy atom. The van der Waals surface area contributed by atoms with Gasteiger partial charge in [0.2, 0.25) is 21.8 Å². The van der Waals surface area contributed by atoms with E-state index in [1.54, 1.807) is 17.0 Å². The molecule has 2 aromatic rings. The van der Waals surface area contributed by atoms with E-state index in [1.165, 1.54) is 13.0 Å². The van der Waals surface area contributed by atoms with E-state index < -0.39 is 16.1 Å². The molecule has 32 heavy (non-hydrogen) atoms. The number of nitrogens with zero attached hydrogens (tertiary/aromatic N) is 1. The molecule has 2 N–H and O–H groups in total. The Hall–Kier alpha value is -2.71. The van der Waals surface area contributed by atoms with Gasteiger partial charge in [-0.1, -0.05) is 44.2 Å². The van der Waals surface area contributed by atoms with Crippen LogP contribution in [0.3, 0.4) is 0 Å². The molecule has 2 aromatic carbocycles. The number of rotatable bonds is 9. The fraction of sp³-hybridized carbons (Fsp3) is 0.417. The second kappa shape index (κ2) is 10.3. The van der Waals surface area contributed by atoms with Gasteiger partial charge in [0.05, 0.1) is 4.90 Å². The molecule has 0 aromatic heterocycles. The summed E-state index contributed by atoms with van der Waals surface area (Å²) in [5.74, 6) is -0.268. The number of sulfonamides is 1. The van der Waals surface area contributed by atoms with Crippen molar-refractivity contribution in [2.45, 2.75) is 51.0 Å². The van der Waals surface area contributed by atoms with Crippen molar-refractivity contribution in [2.24, 2.45) is 5.92 Å². The van der Waals surface area contributed by atoms with Gasteiger partial charge in [-0.05, 0) is 54.5 Å². The maximum absolute atomic E-state index is 13.1. The molecule has 1 aliphatic rings. The van der Waals surface area contributed by atoms with Gasteiger partial charge in [-0.3, -0.25) is 9.59 Å². The van der Waals surface area contributed by atoms with Crippen molar-refractivity contribution >= 4 is 27.5 Å². The third-order valence-corrected chi connectivity index (χ3v) is 6.98. The van der Waals surface area contributed by atoms with Gasteiger partial charge in [-0.15, -0.1) is 0 Å². The summed E-state index contributed by atoms with van der Waals surface area (Å²) < 4.78 is 28.7. The number of carbonyl (C=O) groups is 2. The number of hydrogen-bond acceptors (Lipinski definition) is 4. The number of benzene rings is 2. The maximum Gasteiger partial charge on any atom is 0.241 e. The van der Waals surface area contributed by atoms with Crippen LogP contribution in [0.15, 0.2) is 53.4 Å². The van der Waals surface area contributed by atoms with E-state index in [0.717, 1.165) is 16.8 Å². The number of fused-ring (bicyclic) bond motifs is 1. The van der Waals surface area contributed by atoms with Gasteiger partial charge < -0.3 is 10.2 Å². The second-order valence-electron chi connectivity index (χ2n) is 8.54. The van der Waals surface area contributed by atoms with Gasteiger partial charge in [0.15, 0.2) is 0 Å². The highest BCUT2D eigenvalue weighted by Gasteiger charge is 2.29. The predicted octanol–water partition coefficient (Wildman–Crippen LogP) is 2.65. The Morgan fingerprint density at radius 1 is 1.09 bits per heavy atom. The highest BCUT2D eigenvalue weighted by Crippen LogP contribution is 2.30. The van der Waals surface area contributed by atoms with Gasteiger partial charge in [0.1, 0.15) is 6.04 Å². The second-order valence-corrected chi connectivity index (χ2v) is 10.3. The third kappa shape index (κ3) is 5.95.